The molecule has 8 nitrogen and oxygen atoms in total. The number of rotatable bonds is 9. The van der Waals surface area contributed by atoms with Gasteiger partial charge in [-0.15, -0.1) is 0 Å². The highest BCUT2D eigenvalue weighted by molar-refractivity contribution is 5.74. The van der Waals surface area contributed by atoms with Crippen molar-refractivity contribution in [2.75, 3.05) is 13.1 Å². The number of carbonyl (C=O) groups excluding carboxylic acids is 1. The summed E-state index contributed by atoms with van der Waals surface area (Å²) in [5, 5.41) is 19.0. The van der Waals surface area contributed by atoms with Gasteiger partial charge in [0.25, 0.3) is 0 Å². The third-order valence-corrected chi connectivity index (χ3v) is 5.06. The molecule has 0 spiro atoms. The van der Waals surface area contributed by atoms with Crippen molar-refractivity contribution in [2.45, 2.75) is 44.9 Å². The second-order valence-corrected chi connectivity index (χ2v) is 7.13. The fraction of sp³-hybridized carbons (Fsp3) is 0.450. The number of likely N-dealkylation sites (N-methyl/N-ethyl adjacent to an activating group) is 1. The van der Waals surface area contributed by atoms with Gasteiger partial charge in [0.15, 0.2) is 0 Å². The maximum absolute atomic E-state index is 12.1. The second kappa shape index (κ2) is 9.36. The molecule has 2 amide bonds. The van der Waals surface area contributed by atoms with E-state index in [4.69, 9.17) is 5.11 Å². The molecule has 1 heterocycles. The number of carboxylic acid groups (broad SMARTS) is 1. The number of nitrogens with one attached hydrogen (secondary N) is 2. The molecule has 0 saturated heterocycles. The van der Waals surface area contributed by atoms with E-state index in [1.807, 2.05) is 47.0 Å². The molecule has 3 N–H and O–H groups in total. The average molecular weight is 385 g/mol. The summed E-state index contributed by atoms with van der Waals surface area (Å²) in [6.45, 7) is 3.85. The first kappa shape index (κ1) is 19.9. The molecule has 0 aliphatic heterocycles. The molecule has 1 aliphatic carbocycles. The molecule has 1 aromatic carbocycles. The van der Waals surface area contributed by atoms with Gasteiger partial charge < -0.3 is 15.7 Å². The lowest BCUT2D eigenvalue weighted by atomic mass is 9.85. The highest BCUT2D eigenvalue weighted by Gasteiger charge is 2.34. The normalized spacial score (nSPS) is 18.5. The number of benzene rings is 1. The molecule has 1 aromatic heterocycles. The van der Waals surface area contributed by atoms with Crippen LogP contribution < -0.4 is 10.6 Å². The van der Waals surface area contributed by atoms with Crippen molar-refractivity contribution in [3.63, 3.8) is 0 Å². The standard InChI is InChI=1S/C20H27N5O3/c1-2-24(14-19(26)27)18-10-17(11-18)23-20(28)21-12-15-5-3-6-16(9-15)13-25-8-4-7-22-25/h3-9,17-18H,2,10-14H2,1H3,(H,26,27)(H2,21,23,28). The van der Waals surface area contributed by atoms with Crippen molar-refractivity contribution in [1.29, 1.82) is 0 Å². The number of amides is 2. The van der Waals surface area contributed by atoms with Crippen LogP contribution in [0.2, 0.25) is 0 Å². The van der Waals surface area contributed by atoms with Crippen molar-refractivity contribution >= 4 is 12.0 Å². The van der Waals surface area contributed by atoms with E-state index in [0.29, 0.717) is 19.6 Å². The van der Waals surface area contributed by atoms with Gasteiger partial charge >= 0.3 is 12.0 Å². The van der Waals surface area contributed by atoms with Crippen LogP contribution in [-0.2, 0) is 17.9 Å². The first-order chi connectivity index (χ1) is 13.5. The van der Waals surface area contributed by atoms with Crippen molar-refractivity contribution in [2.24, 2.45) is 0 Å². The van der Waals surface area contributed by atoms with Gasteiger partial charge in [0.1, 0.15) is 0 Å². The molecule has 0 atom stereocenters. The van der Waals surface area contributed by atoms with Gasteiger partial charge in [0.2, 0.25) is 0 Å². The van der Waals surface area contributed by atoms with E-state index in [-0.39, 0.29) is 24.7 Å². The van der Waals surface area contributed by atoms with Crippen LogP contribution in [0, 0.1) is 0 Å². The fourth-order valence-corrected chi connectivity index (χ4v) is 3.51. The van der Waals surface area contributed by atoms with Gasteiger partial charge in [-0.3, -0.25) is 14.4 Å². The minimum atomic E-state index is -0.814. The molecular weight excluding hydrogens is 358 g/mol. The van der Waals surface area contributed by atoms with Crippen molar-refractivity contribution in [1.82, 2.24) is 25.3 Å². The van der Waals surface area contributed by atoms with Crippen LogP contribution in [0.15, 0.2) is 42.7 Å². The molecule has 0 unspecified atom stereocenters. The summed E-state index contributed by atoms with van der Waals surface area (Å²) in [5.41, 5.74) is 2.16. The van der Waals surface area contributed by atoms with E-state index in [1.54, 1.807) is 6.20 Å². The number of carbonyl (C=O) groups is 2. The molecule has 1 fully saturated rings. The zero-order valence-corrected chi connectivity index (χ0v) is 16.0. The summed E-state index contributed by atoms with van der Waals surface area (Å²) in [4.78, 5) is 25.0. The van der Waals surface area contributed by atoms with E-state index in [1.165, 1.54) is 0 Å². The Kier molecular flexibility index (Phi) is 6.65. The monoisotopic (exact) mass is 385 g/mol. The Balaban J connectivity index is 1.40. The highest BCUT2D eigenvalue weighted by atomic mass is 16.4. The minimum absolute atomic E-state index is 0.0506. The Morgan fingerprint density at radius 2 is 2.07 bits per heavy atom. The first-order valence-corrected chi connectivity index (χ1v) is 9.59. The number of nitrogens with zero attached hydrogens (tertiary/aromatic N) is 3. The van der Waals surface area contributed by atoms with E-state index >= 15 is 0 Å². The summed E-state index contributed by atoms with van der Waals surface area (Å²) < 4.78 is 1.86. The Morgan fingerprint density at radius 1 is 1.29 bits per heavy atom. The lowest BCUT2D eigenvalue weighted by Crippen LogP contribution is -2.56. The summed E-state index contributed by atoms with van der Waals surface area (Å²) >= 11 is 0. The molecular formula is C20H27N5O3. The summed E-state index contributed by atoms with van der Waals surface area (Å²) in [7, 11) is 0. The molecule has 3 rings (SSSR count). The van der Waals surface area contributed by atoms with E-state index < -0.39 is 5.97 Å². The summed E-state index contributed by atoms with van der Waals surface area (Å²) in [5.74, 6) is -0.814. The highest BCUT2D eigenvalue weighted by Crippen LogP contribution is 2.25. The van der Waals surface area contributed by atoms with Gasteiger partial charge in [0.05, 0.1) is 13.1 Å². The van der Waals surface area contributed by atoms with Crippen LogP contribution in [-0.4, -0.2) is 57.0 Å². The number of carboxylic acids is 1. The van der Waals surface area contributed by atoms with E-state index in [9.17, 15) is 9.59 Å². The third-order valence-electron chi connectivity index (χ3n) is 5.06. The van der Waals surface area contributed by atoms with E-state index in [2.05, 4.69) is 21.8 Å². The lowest BCUT2D eigenvalue weighted by molar-refractivity contribution is -0.139. The summed E-state index contributed by atoms with van der Waals surface area (Å²) in [6, 6.07) is 10.1. The maximum atomic E-state index is 12.1. The van der Waals surface area contributed by atoms with E-state index in [0.717, 1.165) is 24.0 Å². The smallest absolute Gasteiger partial charge is 0.317 e. The maximum Gasteiger partial charge on any atom is 0.317 e. The number of hydrogen-bond acceptors (Lipinski definition) is 4. The predicted octanol–water partition coefficient (Wildman–Crippen LogP) is 1.67. The van der Waals surface area contributed by atoms with Crippen LogP contribution in [0.5, 0.6) is 0 Å². The Morgan fingerprint density at radius 3 is 2.75 bits per heavy atom. The molecule has 28 heavy (non-hydrogen) atoms. The van der Waals surface area contributed by atoms with Gasteiger partial charge in [-0.1, -0.05) is 31.2 Å². The predicted molar refractivity (Wildman–Crippen MR) is 105 cm³/mol. The SMILES string of the molecule is CCN(CC(=O)O)C1CC(NC(=O)NCc2cccc(Cn3cccn3)c2)C1. The topological polar surface area (TPSA) is 99.5 Å². The average Bonchev–Trinajstić information content (AvgIpc) is 3.14. The number of hydrogen-bond donors (Lipinski definition) is 3. The van der Waals surface area contributed by atoms with Crippen LogP contribution in [0.1, 0.15) is 30.9 Å². The van der Waals surface area contributed by atoms with Gasteiger partial charge in [-0.25, -0.2) is 4.79 Å². The minimum Gasteiger partial charge on any atom is -0.480 e. The first-order valence-electron chi connectivity index (χ1n) is 9.59. The zero-order chi connectivity index (χ0) is 19.9. The molecule has 150 valence electrons. The number of urea groups is 1. The van der Waals surface area contributed by atoms with Crippen molar-refractivity contribution in [3.05, 3.63) is 53.9 Å². The molecule has 0 bridgehead atoms. The molecule has 0 radical (unpaired) electrons. The van der Waals surface area contributed by atoms with Crippen LogP contribution >= 0.6 is 0 Å². The van der Waals surface area contributed by atoms with Crippen molar-refractivity contribution in [3.8, 4) is 0 Å². The molecule has 8 heteroatoms. The molecule has 1 saturated carbocycles. The fourth-order valence-electron chi connectivity index (χ4n) is 3.51. The second-order valence-electron chi connectivity index (χ2n) is 7.13. The zero-order valence-electron chi connectivity index (χ0n) is 16.0. The van der Waals surface area contributed by atoms with Crippen LogP contribution in [0.4, 0.5) is 4.79 Å². The molecule has 1 aliphatic rings. The number of aliphatic carboxylic acids is 1. The number of aromatic nitrogens is 2. The van der Waals surface area contributed by atoms with Crippen molar-refractivity contribution < 1.29 is 14.7 Å². The Bertz CT molecular complexity index is 787. The quantitative estimate of drug-likeness (QED) is 0.610. The summed E-state index contributed by atoms with van der Waals surface area (Å²) in [6.07, 6.45) is 5.24. The van der Waals surface area contributed by atoms with Crippen LogP contribution in [0.3, 0.4) is 0 Å². The largest absolute Gasteiger partial charge is 0.480 e. The van der Waals surface area contributed by atoms with Crippen LogP contribution in [0.25, 0.3) is 0 Å². The third kappa shape index (κ3) is 5.56. The van der Waals surface area contributed by atoms with Gasteiger partial charge in [-0.05, 0) is 36.6 Å². The Hall–Kier alpha value is -2.87. The Labute approximate surface area is 164 Å². The van der Waals surface area contributed by atoms with Gasteiger partial charge in [-0.2, -0.15) is 5.10 Å². The van der Waals surface area contributed by atoms with Gasteiger partial charge in [0, 0.05) is 31.0 Å². The molecule has 2 aromatic rings. The lowest BCUT2D eigenvalue weighted by Gasteiger charge is -2.42.